The normalized spacial score (nSPS) is 15.4. The number of carbonyl (C=O) groups excluding carboxylic acids is 1. The Morgan fingerprint density at radius 3 is 2.39 bits per heavy atom. The Kier molecular flexibility index (Phi) is 6.90. The summed E-state index contributed by atoms with van der Waals surface area (Å²) in [5.74, 6) is 1.49. The summed E-state index contributed by atoms with van der Waals surface area (Å²) in [6.45, 7) is 3.05. The number of methoxy groups -OCH3 is 2. The number of likely N-dealkylation sites (N-methyl/N-ethyl adjacent to an activating group) is 1. The van der Waals surface area contributed by atoms with E-state index in [-0.39, 0.29) is 11.9 Å². The Morgan fingerprint density at radius 1 is 1.07 bits per heavy atom. The first kappa shape index (κ1) is 20.2. The van der Waals surface area contributed by atoms with Gasteiger partial charge in [0.1, 0.15) is 6.04 Å². The fourth-order valence-corrected chi connectivity index (χ4v) is 3.54. The van der Waals surface area contributed by atoms with Gasteiger partial charge in [-0.15, -0.1) is 0 Å². The lowest BCUT2D eigenvalue weighted by Crippen LogP contribution is -2.46. The van der Waals surface area contributed by atoms with Crippen LogP contribution in [0.1, 0.15) is 17.2 Å². The average molecular weight is 384 g/mol. The predicted molar refractivity (Wildman–Crippen MR) is 108 cm³/mol. The van der Waals surface area contributed by atoms with Crippen LogP contribution >= 0.6 is 0 Å². The number of benzene rings is 2. The van der Waals surface area contributed by atoms with Crippen LogP contribution in [0.3, 0.4) is 0 Å². The van der Waals surface area contributed by atoms with Crippen molar-refractivity contribution in [2.75, 3.05) is 47.6 Å². The van der Waals surface area contributed by atoms with Crippen LogP contribution < -0.4 is 9.47 Å². The van der Waals surface area contributed by atoms with Gasteiger partial charge in [0.15, 0.2) is 11.5 Å². The summed E-state index contributed by atoms with van der Waals surface area (Å²) in [5, 5.41) is 0. The lowest BCUT2D eigenvalue weighted by molar-refractivity contribution is -0.141. The van der Waals surface area contributed by atoms with Crippen molar-refractivity contribution in [3.63, 3.8) is 0 Å². The largest absolute Gasteiger partial charge is 0.493 e. The molecule has 3 rings (SSSR count). The Hall–Kier alpha value is -2.57. The van der Waals surface area contributed by atoms with Crippen LogP contribution in [-0.2, 0) is 16.1 Å². The van der Waals surface area contributed by atoms with E-state index < -0.39 is 0 Å². The molecule has 0 saturated carbocycles. The Morgan fingerprint density at radius 2 is 1.75 bits per heavy atom. The third-order valence-corrected chi connectivity index (χ3v) is 4.99. The Bertz CT molecular complexity index is 775. The second-order valence-corrected chi connectivity index (χ2v) is 6.86. The maximum absolute atomic E-state index is 13.3. The van der Waals surface area contributed by atoms with Gasteiger partial charge < -0.3 is 19.1 Å². The zero-order valence-corrected chi connectivity index (χ0v) is 16.8. The van der Waals surface area contributed by atoms with Crippen molar-refractivity contribution < 1.29 is 19.0 Å². The number of carbonyl (C=O) groups is 1. The Balaban J connectivity index is 1.84. The van der Waals surface area contributed by atoms with Gasteiger partial charge in [0.05, 0.1) is 27.4 Å². The topological polar surface area (TPSA) is 51.2 Å². The van der Waals surface area contributed by atoms with Crippen LogP contribution in [0.2, 0.25) is 0 Å². The van der Waals surface area contributed by atoms with Gasteiger partial charge in [-0.1, -0.05) is 36.4 Å². The van der Waals surface area contributed by atoms with Crippen molar-refractivity contribution in [2.24, 2.45) is 0 Å². The van der Waals surface area contributed by atoms with E-state index in [4.69, 9.17) is 14.2 Å². The first-order valence-electron chi connectivity index (χ1n) is 9.46. The summed E-state index contributed by atoms with van der Waals surface area (Å²) in [4.78, 5) is 17.3. The fourth-order valence-electron chi connectivity index (χ4n) is 3.54. The van der Waals surface area contributed by atoms with E-state index in [2.05, 4.69) is 4.90 Å². The second kappa shape index (κ2) is 9.57. The van der Waals surface area contributed by atoms with Crippen LogP contribution in [0, 0.1) is 0 Å². The molecule has 0 unspecified atom stereocenters. The van der Waals surface area contributed by atoms with Crippen molar-refractivity contribution in [3.8, 4) is 11.5 Å². The molecule has 6 heteroatoms. The summed E-state index contributed by atoms with van der Waals surface area (Å²) in [6, 6.07) is 15.4. The molecular formula is C22H28N2O4. The zero-order chi connectivity index (χ0) is 19.9. The van der Waals surface area contributed by atoms with Crippen LogP contribution in [0.15, 0.2) is 48.5 Å². The molecule has 0 aromatic heterocycles. The highest BCUT2D eigenvalue weighted by molar-refractivity contribution is 5.83. The molecule has 1 amide bonds. The number of ether oxygens (including phenoxy) is 3. The van der Waals surface area contributed by atoms with Gasteiger partial charge in [-0.3, -0.25) is 9.69 Å². The van der Waals surface area contributed by atoms with E-state index in [0.717, 1.165) is 11.1 Å². The first-order chi connectivity index (χ1) is 13.6. The molecule has 1 fully saturated rings. The van der Waals surface area contributed by atoms with Gasteiger partial charge in [-0.2, -0.15) is 0 Å². The summed E-state index contributed by atoms with van der Waals surface area (Å²) in [5.41, 5.74) is 2.04. The summed E-state index contributed by atoms with van der Waals surface area (Å²) in [6.07, 6.45) is 0. The van der Waals surface area contributed by atoms with Gasteiger partial charge in [0, 0.05) is 19.6 Å². The maximum atomic E-state index is 13.3. The lowest BCUT2D eigenvalue weighted by Gasteiger charge is -2.34. The molecule has 2 aromatic rings. The van der Waals surface area contributed by atoms with Crippen LogP contribution in [-0.4, -0.2) is 63.3 Å². The molecule has 0 aliphatic carbocycles. The molecule has 0 bridgehead atoms. The number of hydrogen-bond donors (Lipinski definition) is 0. The molecule has 1 saturated heterocycles. The molecular weight excluding hydrogens is 356 g/mol. The molecule has 0 radical (unpaired) electrons. The van der Waals surface area contributed by atoms with Gasteiger partial charge in [0.25, 0.3) is 0 Å². The maximum Gasteiger partial charge on any atom is 0.244 e. The predicted octanol–water partition coefficient (Wildman–Crippen LogP) is 2.74. The summed E-state index contributed by atoms with van der Waals surface area (Å²) >= 11 is 0. The van der Waals surface area contributed by atoms with Gasteiger partial charge in [-0.05, 0) is 30.3 Å². The number of nitrogens with zero attached hydrogens (tertiary/aromatic N) is 2. The molecule has 0 N–H and O–H groups in total. The highest BCUT2D eigenvalue weighted by Gasteiger charge is 2.30. The highest BCUT2D eigenvalue weighted by Crippen LogP contribution is 2.30. The van der Waals surface area contributed by atoms with Crippen LogP contribution in [0.25, 0.3) is 0 Å². The average Bonchev–Trinajstić information content (AvgIpc) is 2.75. The Labute approximate surface area is 166 Å². The standard InChI is InChI=1S/C22H28N2O4/c1-23(16-17-9-10-19(26-2)20(15-17)27-3)21(18-7-5-4-6-8-18)22(25)24-11-13-28-14-12-24/h4-10,15,21H,11-14,16H2,1-3H3/t21-/m1/s1. The number of amides is 1. The van der Waals surface area contributed by atoms with Gasteiger partial charge in [-0.25, -0.2) is 0 Å². The fraction of sp³-hybridized carbons (Fsp3) is 0.409. The molecule has 150 valence electrons. The molecule has 1 heterocycles. The SMILES string of the molecule is COc1ccc(CN(C)[C@@H](C(=O)N2CCOCC2)c2ccccc2)cc1OC. The molecule has 1 aliphatic heterocycles. The van der Waals surface area contributed by atoms with Crippen molar-refractivity contribution in [3.05, 3.63) is 59.7 Å². The van der Waals surface area contributed by atoms with E-state index in [0.29, 0.717) is 44.3 Å². The van der Waals surface area contributed by atoms with Gasteiger partial charge in [0.2, 0.25) is 5.91 Å². The molecule has 1 aliphatic rings. The second-order valence-electron chi connectivity index (χ2n) is 6.86. The minimum Gasteiger partial charge on any atom is -0.493 e. The number of rotatable bonds is 7. The molecule has 2 aromatic carbocycles. The smallest absolute Gasteiger partial charge is 0.244 e. The number of hydrogen-bond acceptors (Lipinski definition) is 5. The zero-order valence-electron chi connectivity index (χ0n) is 16.8. The van der Waals surface area contributed by atoms with Crippen molar-refractivity contribution in [1.29, 1.82) is 0 Å². The van der Waals surface area contributed by atoms with Crippen LogP contribution in [0.5, 0.6) is 11.5 Å². The first-order valence-corrected chi connectivity index (χ1v) is 9.46. The van der Waals surface area contributed by atoms with Crippen molar-refractivity contribution in [2.45, 2.75) is 12.6 Å². The summed E-state index contributed by atoms with van der Waals surface area (Å²) in [7, 11) is 5.23. The van der Waals surface area contributed by atoms with Crippen molar-refractivity contribution >= 4 is 5.91 Å². The van der Waals surface area contributed by atoms with E-state index >= 15 is 0 Å². The summed E-state index contributed by atoms with van der Waals surface area (Å²) < 4.78 is 16.1. The minimum atomic E-state index is -0.354. The van der Waals surface area contributed by atoms with E-state index in [1.165, 1.54) is 0 Å². The molecule has 1 atom stereocenters. The van der Waals surface area contributed by atoms with E-state index in [1.54, 1.807) is 14.2 Å². The van der Waals surface area contributed by atoms with E-state index in [1.807, 2.05) is 60.5 Å². The third-order valence-electron chi connectivity index (χ3n) is 4.99. The van der Waals surface area contributed by atoms with Gasteiger partial charge >= 0.3 is 0 Å². The monoisotopic (exact) mass is 384 g/mol. The number of morpholine rings is 1. The highest BCUT2D eigenvalue weighted by atomic mass is 16.5. The minimum absolute atomic E-state index is 0.109. The molecule has 6 nitrogen and oxygen atoms in total. The quantitative estimate of drug-likeness (QED) is 0.735. The van der Waals surface area contributed by atoms with Crippen molar-refractivity contribution in [1.82, 2.24) is 9.80 Å². The van der Waals surface area contributed by atoms with Crippen LogP contribution in [0.4, 0.5) is 0 Å². The lowest BCUT2D eigenvalue weighted by atomic mass is 10.0. The third kappa shape index (κ3) is 4.64. The molecule has 28 heavy (non-hydrogen) atoms. The van der Waals surface area contributed by atoms with E-state index in [9.17, 15) is 4.79 Å². The molecule has 0 spiro atoms.